The topological polar surface area (TPSA) is 66.5 Å². The van der Waals surface area contributed by atoms with E-state index in [1.54, 1.807) is 28.6 Å². The van der Waals surface area contributed by atoms with E-state index in [9.17, 15) is 13.2 Å². The van der Waals surface area contributed by atoms with Gasteiger partial charge in [0.2, 0.25) is 15.9 Å². The lowest BCUT2D eigenvalue weighted by Crippen LogP contribution is -2.45. The smallest absolute Gasteiger partial charge is 0.218 e. The van der Waals surface area contributed by atoms with Gasteiger partial charge in [-0.25, -0.2) is 8.42 Å². The van der Waals surface area contributed by atoms with Crippen molar-refractivity contribution in [1.82, 2.24) is 9.62 Å². The van der Waals surface area contributed by atoms with Gasteiger partial charge in [-0.3, -0.25) is 4.79 Å². The zero-order valence-electron chi connectivity index (χ0n) is 13.3. The molecule has 1 atom stereocenters. The highest BCUT2D eigenvalue weighted by Crippen LogP contribution is 2.25. The molecule has 1 unspecified atom stereocenters. The van der Waals surface area contributed by atoms with Gasteiger partial charge in [-0.05, 0) is 37.0 Å². The van der Waals surface area contributed by atoms with Crippen LogP contribution in [0.2, 0.25) is 5.02 Å². The fourth-order valence-corrected chi connectivity index (χ4v) is 5.02. The summed E-state index contributed by atoms with van der Waals surface area (Å²) in [5, 5.41) is 3.28. The van der Waals surface area contributed by atoms with Crippen molar-refractivity contribution in [2.75, 3.05) is 13.1 Å². The molecule has 0 radical (unpaired) electrons. The van der Waals surface area contributed by atoms with Gasteiger partial charge < -0.3 is 5.32 Å². The second-order valence-electron chi connectivity index (χ2n) is 5.92. The van der Waals surface area contributed by atoms with Crippen molar-refractivity contribution in [1.29, 1.82) is 0 Å². The first-order chi connectivity index (χ1) is 10.9. The molecule has 1 amide bonds. The van der Waals surface area contributed by atoms with Crippen molar-refractivity contribution in [3.8, 4) is 0 Å². The first kappa shape index (κ1) is 18.2. The minimum Gasteiger partial charge on any atom is -0.356 e. The molecule has 1 fully saturated rings. The molecule has 1 aromatic carbocycles. The molecular formula is C16H23ClN2O3S. The first-order valence-corrected chi connectivity index (χ1v) is 9.85. The number of nitrogens with zero attached hydrogens (tertiary/aromatic N) is 1. The van der Waals surface area contributed by atoms with Gasteiger partial charge in [0.1, 0.15) is 0 Å². The van der Waals surface area contributed by atoms with Crippen LogP contribution in [0.15, 0.2) is 24.3 Å². The quantitative estimate of drug-likeness (QED) is 0.849. The van der Waals surface area contributed by atoms with Gasteiger partial charge in [-0.2, -0.15) is 4.31 Å². The molecule has 0 aromatic heterocycles. The lowest BCUT2D eigenvalue weighted by Gasteiger charge is -2.34. The summed E-state index contributed by atoms with van der Waals surface area (Å²) in [4.78, 5) is 11.0. The van der Waals surface area contributed by atoms with Gasteiger partial charge in [0.25, 0.3) is 0 Å². The molecule has 7 heteroatoms. The first-order valence-electron chi connectivity index (χ1n) is 7.87. The van der Waals surface area contributed by atoms with Crippen LogP contribution in [0.1, 0.15) is 38.2 Å². The molecule has 1 saturated heterocycles. The fourth-order valence-electron chi connectivity index (χ4n) is 2.96. The molecule has 1 aliphatic rings. The number of carbonyl (C=O) groups excluding carboxylic acids is 1. The van der Waals surface area contributed by atoms with Crippen LogP contribution in [-0.4, -0.2) is 37.8 Å². The molecule has 5 nitrogen and oxygen atoms in total. The van der Waals surface area contributed by atoms with Crippen LogP contribution in [0.5, 0.6) is 0 Å². The predicted octanol–water partition coefficient (Wildman–Crippen LogP) is 2.55. The lowest BCUT2D eigenvalue weighted by molar-refractivity contribution is -0.119. The van der Waals surface area contributed by atoms with Crippen molar-refractivity contribution in [3.05, 3.63) is 34.9 Å². The van der Waals surface area contributed by atoms with Crippen LogP contribution >= 0.6 is 11.6 Å². The molecule has 0 spiro atoms. The number of rotatable bonds is 6. The summed E-state index contributed by atoms with van der Waals surface area (Å²) in [7, 11) is -3.39. The summed E-state index contributed by atoms with van der Waals surface area (Å²) in [6.45, 7) is 2.52. The summed E-state index contributed by atoms with van der Waals surface area (Å²) in [5.41, 5.74) is 0.698. The summed E-state index contributed by atoms with van der Waals surface area (Å²) < 4.78 is 27.1. The minimum atomic E-state index is -3.39. The van der Waals surface area contributed by atoms with Gasteiger partial charge >= 0.3 is 0 Å². The monoisotopic (exact) mass is 358 g/mol. The minimum absolute atomic E-state index is 0.0375. The lowest BCUT2D eigenvalue weighted by atomic mass is 10.0. The third-order valence-corrected chi connectivity index (χ3v) is 6.15. The highest BCUT2D eigenvalue weighted by Gasteiger charge is 2.32. The Labute approximate surface area is 143 Å². The highest BCUT2D eigenvalue weighted by atomic mass is 35.5. The fraction of sp³-hybridized carbons (Fsp3) is 0.562. The van der Waals surface area contributed by atoms with Gasteiger partial charge in [0.15, 0.2) is 0 Å². The van der Waals surface area contributed by atoms with Crippen LogP contribution in [0.4, 0.5) is 0 Å². The van der Waals surface area contributed by atoms with Crippen molar-refractivity contribution in [2.45, 2.75) is 44.4 Å². The SMILES string of the molecule is CC(=O)NCCC1CCCCN1S(=O)(=O)Cc1cccc(Cl)c1. The highest BCUT2D eigenvalue weighted by molar-refractivity contribution is 7.88. The van der Waals surface area contributed by atoms with Crippen molar-refractivity contribution < 1.29 is 13.2 Å². The standard InChI is InChI=1S/C16H23ClN2O3S/c1-13(20)18-9-8-16-7-2-3-10-19(16)23(21,22)12-14-5-4-6-15(17)11-14/h4-6,11,16H,2-3,7-10,12H2,1H3,(H,18,20). The number of sulfonamides is 1. The van der Waals surface area contributed by atoms with Crippen LogP contribution in [0.3, 0.4) is 0 Å². The maximum atomic E-state index is 12.8. The second kappa shape index (κ2) is 8.13. The Balaban J connectivity index is 2.06. The number of hydrogen-bond acceptors (Lipinski definition) is 3. The molecule has 1 N–H and O–H groups in total. The van der Waals surface area contributed by atoms with E-state index in [4.69, 9.17) is 11.6 Å². The largest absolute Gasteiger partial charge is 0.356 e. The van der Waals surface area contributed by atoms with Crippen LogP contribution in [0, 0.1) is 0 Å². The number of hydrogen-bond donors (Lipinski definition) is 1. The van der Waals surface area contributed by atoms with Gasteiger partial charge in [0.05, 0.1) is 5.75 Å². The average molecular weight is 359 g/mol. The van der Waals surface area contributed by atoms with Crippen molar-refractivity contribution in [3.63, 3.8) is 0 Å². The zero-order chi connectivity index (χ0) is 16.9. The predicted molar refractivity (Wildman–Crippen MR) is 91.7 cm³/mol. The number of amides is 1. The van der Waals surface area contributed by atoms with E-state index in [1.807, 2.05) is 0 Å². The third kappa shape index (κ3) is 5.48. The zero-order valence-corrected chi connectivity index (χ0v) is 14.9. The number of nitrogens with one attached hydrogen (secondary N) is 1. The maximum Gasteiger partial charge on any atom is 0.218 e. The molecule has 0 aliphatic carbocycles. The second-order valence-corrected chi connectivity index (χ2v) is 8.28. The molecule has 1 heterocycles. The van der Waals surface area contributed by atoms with E-state index in [1.165, 1.54) is 6.92 Å². The van der Waals surface area contributed by atoms with Crippen molar-refractivity contribution >= 4 is 27.5 Å². The van der Waals surface area contributed by atoms with Gasteiger partial charge in [-0.15, -0.1) is 0 Å². The summed E-state index contributed by atoms with van der Waals surface area (Å²) in [6.07, 6.45) is 3.39. The third-order valence-electron chi connectivity index (χ3n) is 4.02. The Morgan fingerprint density at radius 2 is 2.17 bits per heavy atom. The molecule has 0 saturated carbocycles. The molecule has 1 aliphatic heterocycles. The molecule has 128 valence electrons. The molecular weight excluding hydrogens is 336 g/mol. The number of carbonyl (C=O) groups is 1. The maximum absolute atomic E-state index is 12.8. The number of piperidine rings is 1. The van der Waals surface area contributed by atoms with E-state index in [0.29, 0.717) is 30.1 Å². The Morgan fingerprint density at radius 3 is 2.87 bits per heavy atom. The van der Waals surface area contributed by atoms with Crippen molar-refractivity contribution in [2.24, 2.45) is 0 Å². The van der Waals surface area contributed by atoms with E-state index in [2.05, 4.69) is 5.32 Å². The normalized spacial score (nSPS) is 19.5. The van der Waals surface area contributed by atoms with Crippen LogP contribution < -0.4 is 5.32 Å². The van der Waals surface area contributed by atoms with Crippen LogP contribution in [0.25, 0.3) is 0 Å². The summed E-state index contributed by atoms with van der Waals surface area (Å²) >= 11 is 5.94. The Bertz CT molecular complexity index is 648. The number of halogens is 1. The average Bonchev–Trinajstić information content (AvgIpc) is 2.47. The molecule has 23 heavy (non-hydrogen) atoms. The van der Waals surface area contributed by atoms with Crippen LogP contribution in [-0.2, 0) is 20.6 Å². The van der Waals surface area contributed by atoms with E-state index in [0.717, 1.165) is 19.3 Å². The summed E-state index contributed by atoms with van der Waals surface area (Å²) in [6, 6.07) is 6.92. The summed E-state index contributed by atoms with van der Waals surface area (Å²) in [5.74, 6) is -0.126. The molecule has 2 rings (SSSR count). The van der Waals surface area contributed by atoms with E-state index in [-0.39, 0.29) is 17.7 Å². The van der Waals surface area contributed by atoms with E-state index < -0.39 is 10.0 Å². The Hall–Kier alpha value is -1.11. The molecule has 1 aromatic rings. The number of benzene rings is 1. The van der Waals surface area contributed by atoms with Gasteiger partial charge in [-0.1, -0.05) is 30.2 Å². The Morgan fingerprint density at radius 1 is 1.39 bits per heavy atom. The van der Waals surface area contributed by atoms with E-state index >= 15 is 0 Å². The molecule has 0 bridgehead atoms. The van der Waals surface area contributed by atoms with Gasteiger partial charge in [0, 0.05) is 31.1 Å². The Kier molecular flexibility index (Phi) is 6.44.